The lowest BCUT2D eigenvalue weighted by atomic mass is 10.2. The number of aryl methyl sites for hydroxylation is 1. The van der Waals surface area contributed by atoms with Crippen LogP contribution in [0.3, 0.4) is 0 Å². The van der Waals surface area contributed by atoms with E-state index in [4.69, 9.17) is 9.79 Å². The van der Waals surface area contributed by atoms with Crippen LogP contribution in [0.5, 0.6) is 0 Å². The summed E-state index contributed by atoms with van der Waals surface area (Å²) >= 11 is 0. The van der Waals surface area contributed by atoms with Crippen molar-refractivity contribution >= 4 is 17.8 Å². The molecule has 1 rings (SSSR count). The number of rotatable bonds is 3. The maximum atomic E-state index is 11.4. The van der Waals surface area contributed by atoms with E-state index in [-0.39, 0.29) is 4.90 Å². The zero-order valence-electron chi connectivity index (χ0n) is 7.78. The Balaban J connectivity index is 3.07. The average molecular weight is 251 g/mol. The largest absolute Gasteiger partial charge is 0.414 e. The van der Waals surface area contributed by atoms with Crippen molar-refractivity contribution in [2.45, 2.75) is 11.8 Å². The first kappa shape index (κ1) is 12.4. The summed E-state index contributed by atoms with van der Waals surface area (Å²) in [5.41, 5.74) is 0.852. The summed E-state index contributed by atoms with van der Waals surface area (Å²) in [6.45, 7) is 1.77. The maximum Gasteiger partial charge on any atom is 0.414 e. The molecule has 0 aliphatic carbocycles. The van der Waals surface area contributed by atoms with Crippen LogP contribution in [0.4, 0.5) is 0 Å². The lowest BCUT2D eigenvalue weighted by molar-refractivity contribution is 0.368. The quantitative estimate of drug-likeness (QED) is 0.673. The van der Waals surface area contributed by atoms with Crippen molar-refractivity contribution in [1.29, 1.82) is 0 Å². The highest BCUT2D eigenvalue weighted by Gasteiger charge is 2.24. The van der Waals surface area contributed by atoms with Crippen molar-refractivity contribution < 1.29 is 22.8 Å². The van der Waals surface area contributed by atoms with Gasteiger partial charge in [0.15, 0.2) is 0 Å². The number of benzene rings is 1. The molecule has 0 heterocycles. The second kappa shape index (κ2) is 4.03. The Morgan fingerprint density at radius 3 is 2.07 bits per heavy atom. The molecule has 3 N–H and O–H groups in total. The number of nitrogens with one attached hydrogen (secondary N) is 1. The van der Waals surface area contributed by atoms with Gasteiger partial charge in [0.1, 0.15) is 0 Å². The summed E-state index contributed by atoms with van der Waals surface area (Å²) in [6.07, 6.45) is 0. The Kier molecular flexibility index (Phi) is 3.32. The van der Waals surface area contributed by atoms with Gasteiger partial charge in [0.25, 0.3) is 0 Å². The Bertz CT molecular complexity index is 489. The molecule has 6 nitrogen and oxygen atoms in total. The van der Waals surface area contributed by atoms with Crippen LogP contribution in [0.1, 0.15) is 5.56 Å². The van der Waals surface area contributed by atoms with E-state index in [0.29, 0.717) is 0 Å². The van der Waals surface area contributed by atoms with Gasteiger partial charge in [0.05, 0.1) is 4.90 Å². The van der Waals surface area contributed by atoms with E-state index >= 15 is 0 Å². The van der Waals surface area contributed by atoms with Crippen LogP contribution >= 0.6 is 7.75 Å². The van der Waals surface area contributed by atoms with Crippen LogP contribution in [0.15, 0.2) is 29.2 Å². The van der Waals surface area contributed by atoms with Gasteiger partial charge < -0.3 is 9.79 Å². The first-order chi connectivity index (χ1) is 6.71. The predicted octanol–water partition coefficient (Wildman–Crippen LogP) is 0.366. The second-order valence-corrected chi connectivity index (χ2v) is 6.25. The minimum absolute atomic E-state index is 0.184. The molecule has 0 radical (unpaired) electrons. The third kappa shape index (κ3) is 3.73. The van der Waals surface area contributed by atoms with Gasteiger partial charge >= 0.3 is 7.75 Å². The Morgan fingerprint density at radius 1 is 1.20 bits per heavy atom. The second-order valence-electron chi connectivity index (χ2n) is 2.95. The van der Waals surface area contributed by atoms with Crippen molar-refractivity contribution in [3.05, 3.63) is 29.8 Å². The molecule has 0 amide bonds. The van der Waals surface area contributed by atoms with Gasteiger partial charge in [-0.15, -0.1) is 4.49 Å². The monoisotopic (exact) mass is 251 g/mol. The smallest absolute Gasteiger partial charge is 0.312 e. The normalized spacial score (nSPS) is 12.7. The van der Waals surface area contributed by atoms with E-state index in [1.165, 1.54) is 28.8 Å². The maximum absolute atomic E-state index is 11.4. The summed E-state index contributed by atoms with van der Waals surface area (Å²) in [7, 11) is -8.95. The molecular formula is C7H10NO5PS. The van der Waals surface area contributed by atoms with Gasteiger partial charge in [-0.2, -0.15) is 0 Å². The first-order valence-corrected chi connectivity index (χ1v) is 6.96. The fourth-order valence-corrected chi connectivity index (χ4v) is 3.10. The summed E-state index contributed by atoms with van der Waals surface area (Å²) in [5.74, 6) is 0. The average Bonchev–Trinajstić information content (AvgIpc) is 2.00. The van der Waals surface area contributed by atoms with Crippen molar-refractivity contribution in [3.8, 4) is 0 Å². The first-order valence-electron chi connectivity index (χ1n) is 3.87. The van der Waals surface area contributed by atoms with Gasteiger partial charge in [0, 0.05) is 0 Å². The molecule has 0 bridgehead atoms. The fraction of sp³-hybridized carbons (Fsp3) is 0.143. The number of hydrogen-bond acceptors (Lipinski definition) is 3. The molecule has 15 heavy (non-hydrogen) atoms. The minimum Gasteiger partial charge on any atom is -0.312 e. The molecule has 0 saturated heterocycles. The van der Waals surface area contributed by atoms with Gasteiger partial charge in [0.2, 0.25) is 10.0 Å². The van der Waals surface area contributed by atoms with Crippen molar-refractivity contribution in [1.82, 2.24) is 4.49 Å². The number of hydrogen-bond donors (Lipinski definition) is 3. The van der Waals surface area contributed by atoms with Gasteiger partial charge in [-0.3, -0.25) is 0 Å². The van der Waals surface area contributed by atoms with E-state index in [0.717, 1.165) is 5.56 Å². The van der Waals surface area contributed by atoms with Gasteiger partial charge in [-0.25, -0.2) is 13.0 Å². The third-order valence-electron chi connectivity index (χ3n) is 1.57. The van der Waals surface area contributed by atoms with Crippen LogP contribution in [0.2, 0.25) is 0 Å². The molecule has 0 aromatic heterocycles. The van der Waals surface area contributed by atoms with Crippen LogP contribution in [0.25, 0.3) is 0 Å². The van der Waals surface area contributed by atoms with E-state index in [2.05, 4.69) is 0 Å². The summed E-state index contributed by atoms with van der Waals surface area (Å²) < 4.78 is 34.5. The van der Waals surface area contributed by atoms with Crippen LogP contribution < -0.4 is 4.49 Å². The molecule has 0 fully saturated rings. The zero-order valence-corrected chi connectivity index (χ0v) is 9.49. The third-order valence-corrected chi connectivity index (χ3v) is 4.38. The molecule has 84 valence electrons. The van der Waals surface area contributed by atoms with E-state index in [1.807, 2.05) is 0 Å². The van der Waals surface area contributed by atoms with E-state index in [9.17, 15) is 13.0 Å². The zero-order chi connectivity index (χ0) is 11.7. The molecule has 0 aliphatic rings. The Hall–Kier alpha value is -0.720. The molecular weight excluding hydrogens is 241 g/mol. The molecule has 1 aromatic rings. The molecule has 0 spiro atoms. The fourth-order valence-electron chi connectivity index (χ4n) is 0.927. The number of sulfonamides is 1. The highest BCUT2D eigenvalue weighted by molar-refractivity contribution is 7.94. The molecule has 8 heteroatoms. The molecule has 0 atom stereocenters. The minimum atomic E-state index is -4.80. The van der Waals surface area contributed by atoms with E-state index < -0.39 is 17.8 Å². The highest BCUT2D eigenvalue weighted by Crippen LogP contribution is 2.31. The molecule has 0 saturated carbocycles. The SMILES string of the molecule is Cc1ccc(S(=O)(=O)NP(=O)(O)O)cc1. The summed E-state index contributed by atoms with van der Waals surface area (Å²) in [4.78, 5) is 16.8. The summed E-state index contributed by atoms with van der Waals surface area (Å²) in [5, 5.41) is 0. The predicted molar refractivity (Wildman–Crippen MR) is 53.5 cm³/mol. The lowest BCUT2D eigenvalue weighted by Crippen LogP contribution is -2.20. The topological polar surface area (TPSA) is 104 Å². The summed E-state index contributed by atoms with van der Waals surface area (Å²) in [6, 6.07) is 5.61. The standard InChI is InChI=1S/C7H10NO5PS/c1-6-2-4-7(5-3-6)15(12,13)8-14(9,10)11/h2-5H,1H3,(H3,8,9,10,11). The lowest BCUT2D eigenvalue weighted by Gasteiger charge is -2.07. The van der Waals surface area contributed by atoms with Crippen LogP contribution in [-0.2, 0) is 14.6 Å². The molecule has 0 aliphatic heterocycles. The highest BCUT2D eigenvalue weighted by atomic mass is 32.2. The Labute approximate surface area is 87.2 Å². The Morgan fingerprint density at radius 2 is 1.67 bits per heavy atom. The van der Waals surface area contributed by atoms with Crippen molar-refractivity contribution in [2.24, 2.45) is 0 Å². The van der Waals surface area contributed by atoms with Gasteiger partial charge in [-0.05, 0) is 19.1 Å². The molecule has 1 aromatic carbocycles. The van der Waals surface area contributed by atoms with Crippen molar-refractivity contribution in [3.63, 3.8) is 0 Å². The van der Waals surface area contributed by atoms with Crippen LogP contribution in [0, 0.1) is 6.92 Å². The van der Waals surface area contributed by atoms with Crippen molar-refractivity contribution in [2.75, 3.05) is 0 Å². The molecule has 0 unspecified atom stereocenters. The van der Waals surface area contributed by atoms with Crippen LogP contribution in [-0.4, -0.2) is 18.2 Å². The van der Waals surface area contributed by atoms with E-state index in [1.54, 1.807) is 6.92 Å². The van der Waals surface area contributed by atoms with Gasteiger partial charge in [-0.1, -0.05) is 17.7 Å².